The van der Waals surface area contributed by atoms with Crippen LogP contribution in [0.3, 0.4) is 0 Å². The lowest BCUT2D eigenvalue weighted by Gasteiger charge is -2.24. The number of imide groups is 1. The summed E-state index contributed by atoms with van der Waals surface area (Å²) in [6, 6.07) is 4.62. The molecule has 37 heavy (non-hydrogen) atoms. The summed E-state index contributed by atoms with van der Waals surface area (Å²) in [6.07, 6.45) is -1.96. The van der Waals surface area contributed by atoms with Gasteiger partial charge in [0.15, 0.2) is 0 Å². The van der Waals surface area contributed by atoms with Gasteiger partial charge in [0.1, 0.15) is 0 Å². The van der Waals surface area contributed by atoms with Crippen molar-refractivity contribution in [3.8, 4) is 11.1 Å². The zero-order valence-corrected chi connectivity index (χ0v) is 21.1. The highest BCUT2D eigenvalue weighted by atomic mass is 32.1. The fraction of sp³-hybridized carbons (Fsp3) is 0.462. The molecule has 3 atom stereocenters. The number of thiophene rings is 1. The molecule has 3 aromatic heterocycles. The lowest BCUT2D eigenvalue weighted by atomic mass is 9.98. The second kappa shape index (κ2) is 8.57. The molecule has 6 rings (SSSR count). The van der Waals surface area contributed by atoms with Crippen LogP contribution in [0, 0.1) is 17.3 Å². The van der Waals surface area contributed by atoms with E-state index in [4.69, 9.17) is 4.74 Å². The van der Waals surface area contributed by atoms with E-state index in [9.17, 15) is 22.8 Å². The van der Waals surface area contributed by atoms with Crippen molar-refractivity contribution >= 4 is 33.4 Å². The van der Waals surface area contributed by atoms with Crippen LogP contribution in [0.15, 0.2) is 30.6 Å². The predicted octanol–water partition coefficient (Wildman–Crippen LogP) is 4.05. The standard InChI is InChI=1S/C26H25F3N4O3S/c1-25(2)20-21(25)24(35)33(23(20)34)12-15-9-19-22(37-15)16(3-4-31-19)17-7-13(26(27,28)29)10-32-18(17)8-14-11-30-5-6-36-14/h3-4,7,9-10,14,20-21,30H,5-6,8,11-12H2,1-2H3/t14-,20?,21?/m1/s1. The molecule has 7 nitrogen and oxygen atoms in total. The van der Waals surface area contributed by atoms with Crippen molar-refractivity contribution in [2.24, 2.45) is 17.3 Å². The SMILES string of the molecule is CC1(C)C2C(=O)N(Cc3cc4nccc(-c5cc(C(F)(F)F)cnc5C[C@@H]5CNCCO5)c4s3)C(=O)C21. The third kappa shape index (κ3) is 4.13. The molecule has 2 amide bonds. The fourth-order valence-corrected chi connectivity index (χ4v) is 6.73. The Bertz CT molecular complexity index is 1390. The number of likely N-dealkylation sites (tertiary alicyclic amines) is 1. The summed E-state index contributed by atoms with van der Waals surface area (Å²) in [6.45, 7) is 5.85. The number of nitrogens with zero attached hydrogens (tertiary/aromatic N) is 3. The molecular formula is C26H25F3N4O3S. The monoisotopic (exact) mass is 530 g/mol. The van der Waals surface area contributed by atoms with Crippen LogP contribution in [0.1, 0.15) is 30.0 Å². The number of nitrogens with one attached hydrogen (secondary N) is 1. The molecule has 3 aliphatic rings. The van der Waals surface area contributed by atoms with Crippen LogP contribution in [-0.4, -0.2) is 52.5 Å². The molecule has 1 N–H and O–H groups in total. The summed E-state index contributed by atoms with van der Waals surface area (Å²) in [7, 11) is 0. The number of morpholine rings is 1. The van der Waals surface area contributed by atoms with E-state index in [-0.39, 0.29) is 41.7 Å². The Labute approximate surface area is 215 Å². The van der Waals surface area contributed by atoms with Gasteiger partial charge in [0.05, 0.1) is 52.6 Å². The molecule has 1 saturated carbocycles. The highest BCUT2D eigenvalue weighted by molar-refractivity contribution is 7.19. The van der Waals surface area contributed by atoms with Crippen LogP contribution in [-0.2, 0) is 33.5 Å². The quantitative estimate of drug-likeness (QED) is 0.501. The van der Waals surface area contributed by atoms with Gasteiger partial charge < -0.3 is 10.1 Å². The normalized spacial score (nSPS) is 25.1. The van der Waals surface area contributed by atoms with Gasteiger partial charge in [0.25, 0.3) is 0 Å². The van der Waals surface area contributed by atoms with E-state index in [0.29, 0.717) is 46.6 Å². The van der Waals surface area contributed by atoms with E-state index in [1.54, 1.807) is 18.3 Å². The van der Waals surface area contributed by atoms with E-state index in [0.717, 1.165) is 23.7 Å². The number of pyridine rings is 2. The van der Waals surface area contributed by atoms with E-state index in [1.165, 1.54) is 16.2 Å². The average molecular weight is 531 g/mol. The molecule has 0 aromatic carbocycles. The number of alkyl halides is 3. The number of ether oxygens (including phenoxy) is 1. The number of rotatable bonds is 5. The minimum Gasteiger partial charge on any atom is -0.375 e. The van der Waals surface area contributed by atoms with Crippen molar-refractivity contribution in [3.05, 3.63) is 46.7 Å². The molecule has 3 fully saturated rings. The molecule has 5 heterocycles. The molecule has 2 unspecified atom stereocenters. The minimum atomic E-state index is -4.54. The van der Waals surface area contributed by atoms with Crippen molar-refractivity contribution < 1.29 is 27.5 Å². The van der Waals surface area contributed by atoms with Crippen molar-refractivity contribution in [1.29, 1.82) is 0 Å². The Hall–Kier alpha value is -2.89. The third-order valence-corrected chi connectivity index (χ3v) is 8.82. The fourth-order valence-electron chi connectivity index (χ4n) is 5.60. The lowest BCUT2D eigenvalue weighted by molar-refractivity contribution is -0.143. The van der Waals surface area contributed by atoms with Gasteiger partial charge in [-0.15, -0.1) is 11.3 Å². The number of fused-ring (bicyclic) bond motifs is 2. The number of amides is 2. The minimum absolute atomic E-state index is 0.135. The van der Waals surface area contributed by atoms with E-state index < -0.39 is 11.7 Å². The van der Waals surface area contributed by atoms with Gasteiger partial charge in [-0.25, -0.2) is 0 Å². The number of carbonyl (C=O) groups is 2. The van der Waals surface area contributed by atoms with E-state index >= 15 is 0 Å². The number of carbonyl (C=O) groups excluding carboxylic acids is 2. The van der Waals surface area contributed by atoms with Crippen molar-refractivity contribution in [2.75, 3.05) is 19.7 Å². The summed E-state index contributed by atoms with van der Waals surface area (Å²) in [5.74, 6) is -0.844. The average Bonchev–Trinajstić information content (AvgIpc) is 3.10. The van der Waals surface area contributed by atoms with Crippen LogP contribution in [0.4, 0.5) is 13.2 Å². The van der Waals surface area contributed by atoms with E-state index in [1.807, 2.05) is 13.8 Å². The number of piperidine rings is 1. The molecule has 0 radical (unpaired) electrons. The summed E-state index contributed by atoms with van der Waals surface area (Å²) in [5, 5.41) is 3.24. The highest BCUT2D eigenvalue weighted by Crippen LogP contribution is 2.63. The first-order chi connectivity index (χ1) is 17.6. The molecule has 2 aliphatic heterocycles. The smallest absolute Gasteiger partial charge is 0.375 e. The zero-order valence-electron chi connectivity index (χ0n) is 20.3. The van der Waals surface area contributed by atoms with Crippen LogP contribution < -0.4 is 5.32 Å². The maximum Gasteiger partial charge on any atom is 0.417 e. The highest BCUT2D eigenvalue weighted by Gasteiger charge is 2.72. The number of aromatic nitrogens is 2. The molecule has 11 heteroatoms. The molecule has 2 saturated heterocycles. The molecule has 3 aromatic rings. The maximum absolute atomic E-state index is 13.6. The molecular weight excluding hydrogens is 505 g/mol. The van der Waals surface area contributed by atoms with Crippen LogP contribution >= 0.6 is 11.3 Å². The van der Waals surface area contributed by atoms with Gasteiger partial charge in [0, 0.05) is 47.9 Å². The van der Waals surface area contributed by atoms with Gasteiger partial charge in [-0.05, 0) is 23.6 Å². The molecule has 194 valence electrons. The Morgan fingerprint density at radius 1 is 1.16 bits per heavy atom. The van der Waals surface area contributed by atoms with Gasteiger partial charge in [-0.3, -0.25) is 24.5 Å². The Morgan fingerprint density at radius 2 is 1.92 bits per heavy atom. The number of halogens is 3. The molecule has 0 bridgehead atoms. The number of hydrogen-bond donors (Lipinski definition) is 1. The summed E-state index contributed by atoms with van der Waals surface area (Å²) < 4.78 is 47.4. The Kier molecular flexibility index (Phi) is 5.66. The third-order valence-electron chi connectivity index (χ3n) is 7.68. The molecule has 0 spiro atoms. The second-order valence-corrected chi connectivity index (χ2v) is 11.6. The van der Waals surface area contributed by atoms with Gasteiger partial charge in [-0.1, -0.05) is 13.8 Å². The van der Waals surface area contributed by atoms with Gasteiger partial charge in [-0.2, -0.15) is 13.2 Å². The van der Waals surface area contributed by atoms with Gasteiger partial charge >= 0.3 is 6.18 Å². The van der Waals surface area contributed by atoms with Crippen LogP contribution in [0.5, 0.6) is 0 Å². The topological polar surface area (TPSA) is 84.4 Å². The maximum atomic E-state index is 13.6. The largest absolute Gasteiger partial charge is 0.417 e. The lowest BCUT2D eigenvalue weighted by Crippen LogP contribution is -2.39. The summed E-state index contributed by atoms with van der Waals surface area (Å²) in [4.78, 5) is 36.3. The van der Waals surface area contributed by atoms with Crippen LogP contribution in [0.2, 0.25) is 0 Å². The van der Waals surface area contributed by atoms with Gasteiger partial charge in [0.2, 0.25) is 11.8 Å². The Balaban J connectivity index is 1.36. The summed E-state index contributed by atoms with van der Waals surface area (Å²) >= 11 is 1.33. The van der Waals surface area contributed by atoms with Crippen LogP contribution in [0.25, 0.3) is 21.3 Å². The first-order valence-corrected chi connectivity index (χ1v) is 13.0. The first-order valence-electron chi connectivity index (χ1n) is 12.2. The van der Waals surface area contributed by atoms with Crippen molar-refractivity contribution in [3.63, 3.8) is 0 Å². The summed E-state index contributed by atoms with van der Waals surface area (Å²) in [5.41, 5.74) is 0.954. The molecule has 1 aliphatic carbocycles. The number of hydrogen-bond acceptors (Lipinski definition) is 7. The second-order valence-electron chi connectivity index (χ2n) is 10.4. The predicted molar refractivity (Wildman–Crippen MR) is 130 cm³/mol. The first kappa shape index (κ1) is 24.4. The Morgan fingerprint density at radius 3 is 2.59 bits per heavy atom. The van der Waals surface area contributed by atoms with E-state index in [2.05, 4.69) is 15.3 Å². The van der Waals surface area contributed by atoms with Crippen molar-refractivity contribution in [2.45, 2.75) is 39.1 Å². The zero-order chi connectivity index (χ0) is 26.1. The van der Waals surface area contributed by atoms with Crippen molar-refractivity contribution in [1.82, 2.24) is 20.2 Å².